The van der Waals surface area contributed by atoms with Crippen molar-refractivity contribution in [2.45, 2.75) is 12.8 Å². The van der Waals surface area contributed by atoms with Crippen LogP contribution in [-0.2, 0) is 11.8 Å². The molecule has 0 atom stereocenters. The molecule has 1 saturated heterocycles. The number of rotatable bonds is 4. The van der Waals surface area contributed by atoms with Crippen molar-refractivity contribution in [1.29, 1.82) is 0 Å². The lowest BCUT2D eigenvalue weighted by Crippen LogP contribution is -2.36. The third-order valence-corrected chi connectivity index (χ3v) is 3.79. The fourth-order valence-electron chi connectivity index (χ4n) is 1.86. The smallest absolute Gasteiger partial charge is 0.157 e. The predicted octanol–water partition coefficient (Wildman–Crippen LogP) is 1.53. The Balaban J connectivity index is 1.91. The molecular weight excluding hydrogens is 224 g/mol. The Kier molecular flexibility index (Phi) is 3.76. The van der Waals surface area contributed by atoms with Crippen molar-refractivity contribution in [2.75, 3.05) is 25.6 Å². The monoisotopic (exact) mass is 242 g/mol. The first kappa shape index (κ1) is 11.8. The van der Waals surface area contributed by atoms with Crippen LogP contribution in [0.2, 0.25) is 0 Å². The van der Waals surface area contributed by atoms with Crippen LogP contribution in [0.5, 0.6) is 5.75 Å². The standard InChI is InChI=1S/C11H18N2O2S/c1-13-7-10(6-12-13)15-8-11(9-16)2-4-14-5-3-11/h6-7,16H,2-5,8-9H2,1H3. The van der Waals surface area contributed by atoms with Crippen molar-refractivity contribution in [3.8, 4) is 5.75 Å². The van der Waals surface area contributed by atoms with E-state index in [0.29, 0.717) is 6.61 Å². The van der Waals surface area contributed by atoms with Crippen molar-refractivity contribution in [3.05, 3.63) is 12.4 Å². The normalized spacial score (nSPS) is 19.6. The molecule has 0 aromatic carbocycles. The van der Waals surface area contributed by atoms with E-state index < -0.39 is 0 Å². The topological polar surface area (TPSA) is 36.3 Å². The van der Waals surface area contributed by atoms with Crippen LogP contribution in [0.25, 0.3) is 0 Å². The zero-order chi connectivity index (χ0) is 11.4. The maximum Gasteiger partial charge on any atom is 0.157 e. The number of nitrogens with zero attached hydrogens (tertiary/aromatic N) is 2. The van der Waals surface area contributed by atoms with Gasteiger partial charge in [0, 0.05) is 25.7 Å². The second-order valence-corrected chi connectivity index (χ2v) is 4.73. The Morgan fingerprint density at radius 3 is 2.88 bits per heavy atom. The molecule has 0 bridgehead atoms. The average Bonchev–Trinajstić information content (AvgIpc) is 2.74. The van der Waals surface area contributed by atoms with Crippen LogP contribution in [0.1, 0.15) is 12.8 Å². The van der Waals surface area contributed by atoms with Gasteiger partial charge in [-0.05, 0) is 18.6 Å². The summed E-state index contributed by atoms with van der Waals surface area (Å²) in [5.41, 5.74) is 0.164. The van der Waals surface area contributed by atoms with Crippen LogP contribution >= 0.6 is 12.6 Å². The van der Waals surface area contributed by atoms with Crippen molar-refractivity contribution >= 4 is 12.6 Å². The summed E-state index contributed by atoms with van der Waals surface area (Å²) in [6, 6.07) is 0. The number of aryl methyl sites for hydroxylation is 1. The summed E-state index contributed by atoms with van der Waals surface area (Å²) < 4.78 is 12.9. The first-order chi connectivity index (χ1) is 7.74. The Morgan fingerprint density at radius 2 is 2.31 bits per heavy atom. The van der Waals surface area contributed by atoms with Gasteiger partial charge in [-0.1, -0.05) is 0 Å². The SMILES string of the molecule is Cn1cc(OCC2(CS)CCOCC2)cn1. The minimum Gasteiger partial charge on any atom is -0.490 e. The van der Waals surface area contributed by atoms with Gasteiger partial charge in [-0.3, -0.25) is 4.68 Å². The molecule has 16 heavy (non-hydrogen) atoms. The summed E-state index contributed by atoms with van der Waals surface area (Å²) in [6.45, 7) is 2.33. The molecule has 2 heterocycles. The van der Waals surface area contributed by atoms with Crippen LogP contribution in [0.15, 0.2) is 12.4 Å². The van der Waals surface area contributed by atoms with Gasteiger partial charge in [0.2, 0.25) is 0 Å². The van der Waals surface area contributed by atoms with E-state index in [4.69, 9.17) is 9.47 Å². The van der Waals surface area contributed by atoms with Crippen molar-refractivity contribution < 1.29 is 9.47 Å². The van der Waals surface area contributed by atoms with Crippen LogP contribution in [0.4, 0.5) is 0 Å². The van der Waals surface area contributed by atoms with Crippen molar-refractivity contribution in [3.63, 3.8) is 0 Å². The van der Waals surface area contributed by atoms with E-state index in [1.807, 2.05) is 13.2 Å². The molecular formula is C11H18N2O2S. The van der Waals surface area contributed by atoms with Crippen LogP contribution in [-0.4, -0.2) is 35.4 Å². The van der Waals surface area contributed by atoms with Gasteiger partial charge in [0.1, 0.15) is 0 Å². The molecule has 0 spiro atoms. The molecule has 0 N–H and O–H groups in total. The van der Waals surface area contributed by atoms with Gasteiger partial charge in [0.25, 0.3) is 0 Å². The molecule has 5 heteroatoms. The molecule has 2 rings (SSSR count). The summed E-state index contributed by atoms with van der Waals surface area (Å²) in [6.07, 6.45) is 5.67. The molecule has 1 aliphatic heterocycles. The fraction of sp³-hybridized carbons (Fsp3) is 0.727. The van der Waals surface area contributed by atoms with Gasteiger partial charge in [0.15, 0.2) is 5.75 Å². The molecule has 4 nitrogen and oxygen atoms in total. The molecule has 0 unspecified atom stereocenters. The van der Waals surface area contributed by atoms with Gasteiger partial charge >= 0.3 is 0 Å². The maximum atomic E-state index is 5.77. The number of ether oxygens (including phenoxy) is 2. The molecule has 0 amide bonds. The van der Waals surface area contributed by atoms with Gasteiger partial charge in [-0.15, -0.1) is 0 Å². The van der Waals surface area contributed by atoms with E-state index in [-0.39, 0.29) is 5.41 Å². The second-order valence-electron chi connectivity index (χ2n) is 4.41. The highest BCUT2D eigenvalue weighted by Gasteiger charge is 2.32. The summed E-state index contributed by atoms with van der Waals surface area (Å²) in [7, 11) is 1.88. The third-order valence-electron chi connectivity index (χ3n) is 3.12. The average molecular weight is 242 g/mol. The Labute approximate surface area is 101 Å². The lowest BCUT2D eigenvalue weighted by molar-refractivity contribution is 0.00309. The van der Waals surface area contributed by atoms with E-state index in [9.17, 15) is 0 Å². The fourth-order valence-corrected chi connectivity index (χ4v) is 2.27. The van der Waals surface area contributed by atoms with E-state index >= 15 is 0 Å². The molecule has 1 aliphatic rings. The summed E-state index contributed by atoms with van der Waals surface area (Å²) >= 11 is 4.44. The molecule has 0 radical (unpaired) electrons. The first-order valence-corrected chi connectivity index (χ1v) is 6.17. The van der Waals surface area contributed by atoms with Crippen LogP contribution < -0.4 is 4.74 Å². The largest absolute Gasteiger partial charge is 0.490 e. The minimum absolute atomic E-state index is 0.164. The van der Waals surface area contributed by atoms with Gasteiger partial charge in [-0.25, -0.2) is 0 Å². The Bertz CT molecular complexity index is 334. The van der Waals surface area contributed by atoms with Gasteiger partial charge in [-0.2, -0.15) is 17.7 Å². The highest BCUT2D eigenvalue weighted by Crippen LogP contribution is 2.32. The number of hydrogen-bond donors (Lipinski definition) is 1. The first-order valence-electron chi connectivity index (χ1n) is 5.54. The number of aromatic nitrogens is 2. The molecule has 90 valence electrons. The summed E-state index contributed by atoms with van der Waals surface area (Å²) in [5, 5.41) is 4.08. The third kappa shape index (κ3) is 2.71. The molecule has 1 aromatic heterocycles. The molecule has 1 fully saturated rings. The number of thiol groups is 1. The van der Waals surface area contributed by atoms with Crippen LogP contribution in [0.3, 0.4) is 0 Å². The Hall–Kier alpha value is -0.680. The zero-order valence-corrected chi connectivity index (χ0v) is 10.4. The zero-order valence-electron chi connectivity index (χ0n) is 9.56. The number of hydrogen-bond acceptors (Lipinski definition) is 4. The summed E-state index contributed by atoms with van der Waals surface area (Å²) in [5.74, 6) is 1.67. The van der Waals surface area contributed by atoms with Crippen LogP contribution in [0, 0.1) is 5.41 Å². The van der Waals surface area contributed by atoms with Crippen molar-refractivity contribution in [1.82, 2.24) is 9.78 Å². The quantitative estimate of drug-likeness (QED) is 0.813. The molecule has 0 aliphatic carbocycles. The van der Waals surface area contributed by atoms with E-state index in [0.717, 1.165) is 37.6 Å². The lowest BCUT2D eigenvalue weighted by Gasteiger charge is -2.35. The van der Waals surface area contributed by atoms with E-state index in [1.165, 1.54) is 0 Å². The van der Waals surface area contributed by atoms with E-state index in [1.54, 1.807) is 10.9 Å². The van der Waals surface area contributed by atoms with Gasteiger partial charge in [0.05, 0.1) is 19.0 Å². The minimum atomic E-state index is 0.164. The van der Waals surface area contributed by atoms with Gasteiger partial charge < -0.3 is 9.47 Å². The molecule has 1 aromatic rings. The maximum absolute atomic E-state index is 5.77. The Morgan fingerprint density at radius 1 is 1.56 bits per heavy atom. The molecule has 0 saturated carbocycles. The lowest BCUT2D eigenvalue weighted by atomic mass is 9.83. The van der Waals surface area contributed by atoms with Crippen molar-refractivity contribution in [2.24, 2.45) is 12.5 Å². The second kappa shape index (κ2) is 5.10. The predicted molar refractivity (Wildman–Crippen MR) is 65.0 cm³/mol. The van der Waals surface area contributed by atoms with E-state index in [2.05, 4.69) is 17.7 Å². The summed E-state index contributed by atoms with van der Waals surface area (Å²) in [4.78, 5) is 0. The highest BCUT2D eigenvalue weighted by molar-refractivity contribution is 7.80. The highest BCUT2D eigenvalue weighted by atomic mass is 32.1.